The molecule has 0 aliphatic carbocycles. The fourth-order valence-corrected chi connectivity index (χ4v) is 4.06. The van der Waals surface area contributed by atoms with E-state index in [-0.39, 0.29) is 37.1 Å². The van der Waals surface area contributed by atoms with E-state index in [9.17, 15) is 22.8 Å². The molecule has 0 spiro atoms. The lowest BCUT2D eigenvalue weighted by molar-refractivity contribution is -0.139. The molecule has 2 aromatic rings. The number of hydrogen-bond acceptors (Lipinski definition) is 4. The van der Waals surface area contributed by atoms with Crippen molar-refractivity contribution in [2.45, 2.75) is 12.6 Å². The number of methoxy groups -OCH3 is 1. The molecule has 2 aliphatic heterocycles. The molecule has 6 nitrogen and oxygen atoms in total. The lowest BCUT2D eigenvalue weighted by Gasteiger charge is -2.37. The Kier molecular flexibility index (Phi) is 5.99. The number of alkyl halides is 3. The summed E-state index contributed by atoms with van der Waals surface area (Å²) in [6, 6.07) is 9.90. The minimum atomic E-state index is -4.51. The zero-order valence-electron chi connectivity index (χ0n) is 17.5. The van der Waals surface area contributed by atoms with Crippen molar-refractivity contribution in [1.29, 1.82) is 0 Å². The summed E-state index contributed by atoms with van der Waals surface area (Å²) in [5.74, 6) is 0.587. The van der Waals surface area contributed by atoms with Crippen molar-refractivity contribution in [3.8, 4) is 11.5 Å². The Labute approximate surface area is 183 Å². The van der Waals surface area contributed by atoms with Gasteiger partial charge in [0.1, 0.15) is 18.1 Å². The number of amides is 2. The molecule has 0 bridgehead atoms. The monoisotopic (exact) mass is 448 g/mol. The highest BCUT2D eigenvalue weighted by Gasteiger charge is 2.34. The van der Waals surface area contributed by atoms with Crippen LogP contribution >= 0.6 is 0 Å². The Morgan fingerprint density at radius 1 is 1.03 bits per heavy atom. The van der Waals surface area contributed by atoms with Crippen molar-refractivity contribution >= 4 is 11.8 Å². The third-order valence-corrected chi connectivity index (χ3v) is 5.84. The number of piperazine rings is 1. The molecule has 4 rings (SSSR count). The van der Waals surface area contributed by atoms with Crippen molar-refractivity contribution in [2.24, 2.45) is 5.92 Å². The number of carbonyl (C=O) groups excluding carboxylic acids is 2. The van der Waals surface area contributed by atoms with E-state index >= 15 is 0 Å². The van der Waals surface area contributed by atoms with E-state index in [4.69, 9.17) is 9.47 Å². The van der Waals surface area contributed by atoms with Crippen LogP contribution < -0.4 is 9.47 Å². The van der Waals surface area contributed by atoms with Gasteiger partial charge in [-0.15, -0.1) is 0 Å². The number of nitrogens with zero attached hydrogens (tertiary/aromatic N) is 2. The van der Waals surface area contributed by atoms with Gasteiger partial charge in [0.25, 0.3) is 5.91 Å². The smallest absolute Gasteiger partial charge is 0.416 e. The second kappa shape index (κ2) is 8.72. The Bertz CT molecular complexity index is 1020. The van der Waals surface area contributed by atoms with Crippen LogP contribution in [-0.4, -0.2) is 61.5 Å². The second-order valence-corrected chi connectivity index (χ2v) is 7.88. The average Bonchev–Trinajstić information content (AvgIpc) is 2.82. The lowest BCUT2D eigenvalue weighted by atomic mass is 9.95. The summed E-state index contributed by atoms with van der Waals surface area (Å²) in [4.78, 5) is 28.9. The van der Waals surface area contributed by atoms with Crippen molar-refractivity contribution in [3.63, 3.8) is 0 Å². The molecule has 0 aromatic heterocycles. The Morgan fingerprint density at radius 2 is 1.75 bits per heavy atom. The minimum absolute atomic E-state index is 0.00848. The molecular weight excluding hydrogens is 425 g/mol. The van der Waals surface area contributed by atoms with E-state index in [0.717, 1.165) is 23.4 Å². The molecule has 170 valence electrons. The third kappa shape index (κ3) is 4.51. The largest absolute Gasteiger partial charge is 0.497 e. The van der Waals surface area contributed by atoms with E-state index in [0.29, 0.717) is 25.3 Å². The van der Waals surface area contributed by atoms with Gasteiger partial charge in [0.05, 0.1) is 18.6 Å². The summed E-state index contributed by atoms with van der Waals surface area (Å²) in [7, 11) is 1.58. The van der Waals surface area contributed by atoms with Gasteiger partial charge in [-0.25, -0.2) is 0 Å². The van der Waals surface area contributed by atoms with Crippen LogP contribution in [0, 0.1) is 5.92 Å². The second-order valence-electron chi connectivity index (χ2n) is 7.88. The third-order valence-electron chi connectivity index (χ3n) is 5.84. The number of hydrogen-bond donors (Lipinski definition) is 0. The molecule has 1 atom stereocenters. The number of ether oxygens (including phenoxy) is 2. The quantitative estimate of drug-likeness (QED) is 0.724. The number of halogens is 3. The van der Waals surface area contributed by atoms with Crippen molar-refractivity contribution in [3.05, 3.63) is 59.2 Å². The maximum absolute atomic E-state index is 13.0. The van der Waals surface area contributed by atoms with Gasteiger partial charge >= 0.3 is 6.18 Å². The van der Waals surface area contributed by atoms with Crippen LogP contribution in [-0.2, 0) is 17.4 Å². The van der Waals surface area contributed by atoms with Crippen molar-refractivity contribution < 1.29 is 32.2 Å². The number of rotatable bonds is 3. The fourth-order valence-electron chi connectivity index (χ4n) is 4.06. The molecule has 9 heteroatoms. The van der Waals surface area contributed by atoms with E-state index < -0.39 is 17.6 Å². The minimum Gasteiger partial charge on any atom is -0.497 e. The van der Waals surface area contributed by atoms with E-state index in [2.05, 4.69) is 0 Å². The van der Waals surface area contributed by atoms with Gasteiger partial charge in [-0.3, -0.25) is 9.59 Å². The van der Waals surface area contributed by atoms with Gasteiger partial charge in [-0.2, -0.15) is 13.2 Å². The molecule has 2 aliphatic rings. The first kappa shape index (κ1) is 22.0. The highest BCUT2D eigenvalue weighted by molar-refractivity contribution is 5.94. The molecule has 1 unspecified atom stereocenters. The molecule has 2 heterocycles. The van der Waals surface area contributed by atoms with Gasteiger partial charge in [0, 0.05) is 31.7 Å². The van der Waals surface area contributed by atoms with E-state index in [1.165, 1.54) is 17.0 Å². The molecule has 0 radical (unpaired) electrons. The van der Waals surface area contributed by atoms with Gasteiger partial charge in [0.2, 0.25) is 5.91 Å². The molecule has 0 N–H and O–H groups in total. The van der Waals surface area contributed by atoms with Gasteiger partial charge in [-0.05, 0) is 48.4 Å². The van der Waals surface area contributed by atoms with Gasteiger partial charge in [0.15, 0.2) is 0 Å². The van der Waals surface area contributed by atoms with Gasteiger partial charge in [-0.1, -0.05) is 6.07 Å². The Morgan fingerprint density at radius 3 is 2.44 bits per heavy atom. The first-order chi connectivity index (χ1) is 15.3. The molecule has 2 amide bonds. The first-order valence-corrected chi connectivity index (χ1v) is 10.3. The topological polar surface area (TPSA) is 59.1 Å². The lowest BCUT2D eigenvalue weighted by Crippen LogP contribution is -2.53. The maximum Gasteiger partial charge on any atom is 0.416 e. The normalized spacial score (nSPS) is 18.6. The van der Waals surface area contributed by atoms with E-state index in [1.807, 2.05) is 18.2 Å². The summed E-state index contributed by atoms with van der Waals surface area (Å²) in [6.07, 6.45) is -3.97. The summed E-state index contributed by atoms with van der Waals surface area (Å²) in [6.45, 7) is 1.45. The molecule has 1 saturated heterocycles. The van der Waals surface area contributed by atoms with Crippen LogP contribution in [0.25, 0.3) is 0 Å². The molecular formula is C23H23F3N2O4. The summed E-state index contributed by atoms with van der Waals surface area (Å²) in [5.41, 5.74) is 0.0459. The number of fused-ring (bicyclic) bond motifs is 1. The zero-order valence-corrected chi connectivity index (χ0v) is 17.5. The highest BCUT2D eigenvalue weighted by Crippen LogP contribution is 2.32. The van der Waals surface area contributed by atoms with Crippen LogP contribution in [0.1, 0.15) is 21.5 Å². The molecule has 32 heavy (non-hydrogen) atoms. The van der Waals surface area contributed by atoms with Crippen LogP contribution in [0.5, 0.6) is 11.5 Å². The highest BCUT2D eigenvalue weighted by atomic mass is 19.4. The summed E-state index contributed by atoms with van der Waals surface area (Å²) >= 11 is 0. The van der Waals surface area contributed by atoms with Crippen molar-refractivity contribution in [2.75, 3.05) is 39.9 Å². The summed E-state index contributed by atoms with van der Waals surface area (Å²) < 4.78 is 49.8. The predicted octanol–water partition coefficient (Wildman–Crippen LogP) is 3.25. The van der Waals surface area contributed by atoms with Crippen molar-refractivity contribution in [1.82, 2.24) is 9.80 Å². The van der Waals surface area contributed by atoms with Crippen LogP contribution in [0.4, 0.5) is 13.2 Å². The molecule has 2 aromatic carbocycles. The molecule has 1 fully saturated rings. The van der Waals surface area contributed by atoms with Crippen LogP contribution in [0.2, 0.25) is 0 Å². The predicted molar refractivity (Wildman–Crippen MR) is 110 cm³/mol. The van der Waals surface area contributed by atoms with Gasteiger partial charge < -0.3 is 19.3 Å². The first-order valence-electron chi connectivity index (χ1n) is 10.3. The van der Waals surface area contributed by atoms with Crippen LogP contribution in [0.15, 0.2) is 42.5 Å². The number of carbonyl (C=O) groups is 2. The SMILES string of the molecule is COc1ccc2c(c1)CC(C(=O)N1CCN(C(=O)c3cccc(C(F)(F)F)c3)CC1)CO2. The summed E-state index contributed by atoms with van der Waals surface area (Å²) in [5, 5.41) is 0. The van der Waals surface area contributed by atoms with E-state index in [1.54, 1.807) is 12.0 Å². The fraction of sp³-hybridized carbons (Fsp3) is 0.391. The Hall–Kier alpha value is -3.23. The average molecular weight is 448 g/mol. The van der Waals surface area contributed by atoms with Crippen LogP contribution in [0.3, 0.4) is 0 Å². The zero-order chi connectivity index (χ0) is 22.9. The standard InChI is InChI=1S/C23H23F3N2O4/c1-31-19-5-6-20-16(13-19)11-17(14-32-20)22(30)28-9-7-27(8-10-28)21(29)15-3-2-4-18(12-15)23(24,25)26/h2-6,12-13,17H,7-11,14H2,1H3. The number of benzene rings is 2. The Balaban J connectivity index is 1.36. The maximum atomic E-state index is 13.0. The molecule has 0 saturated carbocycles.